The molecule has 0 spiro atoms. The van der Waals surface area contributed by atoms with Crippen LogP contribution in [0.15, 0.2) is 206 Å². The largest absolute Gasteiger partial charge is 0.306 e. The molecule has 62 heavy (non-hydrogen) atoms. The Labute approximate surface area is 356 Å². The average Bonchev–Trinajstić information content (AvgIpc) is 3.88. The molecule has 12 aromatic rings. The highest BCUT2D eigenvalue weighted by Crippen LogP contribution is 2.43. The summed E-state index contributed by atoms with van der Waals surface area (Å²) in [6.07, 6.45) is 0. The van der Waals surface area contributed by atoms with Gasteiger partial charge in [-0.1, -0.05) is 182 Å². The van der Waals surface area contributed by atoms with E-state index in [1.807, 2.05) is 121 Å². The van der Waals surface area contributed by atoms with Crippen LogP contribution in [0, 0.1) is 0 Å². The molecular formula is C54H34N8. The van der Waals surface area contributed by atoms with Gasteiger partial charge in [-0.2, -0.15) is 9.97 Å². The molecule has 0 fully saturated rings. The number of aromatic nitrogens is 8. The molecule has 0 radical (unpaired) electrons. The number of nitrogens with zero attached hydrogens (tertiary/aromatic N) is 8. The number of hydrogen-bond donors (Lipinski definition) is 0. The summed E-state index contributed by atoms with van der Waals surface area (Å²) < 4.78 is 4.58. The molecule has 8 aromatic carbocycles. The Bertz CT molecular complexity index is 3500. The van der Waals surface area contributed by atoms with Gasteiger partial charge in [-0.25, -0.2) is 19.9 Å². The normalized spacial score (nSPS) is 11.5. The van der Waals surface area contributed by atoms with Gasteiger partial charge in [0.1, 0.15) is 0 Å². The maximum atomic E-state index is 5.28. The second-order valence-electron chi connectivity index (χ2n) is 15.1. The smallest absolute Gasteiger partial charge is 0.238 e. The minimum atomic E-state index is 0.527. The fraction of sp³-hybridized carbons (Fsp3) is 0. The van der Waals surface area contributed by atoms with Crippen LogP contribution in [0.3, 0.4) is 0 Å². The molecule has 0 aliphatic carbocycles. The van der Waals surface area contributed by atoms with E-state index in [1.54, 1.807) is 0 Å². The second kappa shape index (κ2) is 14.6. The fourth-order valence-electron chi connectivity index (χ4n) is 8.64. The van der Waals surface area contributed by atoms with Crippen LogP contribution in [0.25, 0.3) is 112 Å². The van der Waals surface area contributed by atoms with E-state index < -0.39 is 0 Å². The van der Waals surface area contributed by atoms with Crippen molar-refractivity contribution in [2.45, 2.75) is 0 Å². The highest BCUT2D eigenvalue weighted by Gasteiger charge is 2.25. The Morgan fingerprint density at radius 2 is 0.613 bits per heavy atom. The summed E-state index contributed by atoms with van der Waals surface area (Å²) in [6.45, 7) is 0. The van der Waals surface area contributed by atoms with Crippen molar-refractivity contribution in [3.05, 3.63) is 206 Å². The molecule has 4 heterocycles. The summed E-state index contributed by atoms with van der Waals surface area (Å²) in [5.41, 5.74) is 9.45. The van der Waals surface area contributed by atoms with Crippen LogP contribution >= 0.6 is 0 Å². The zero-order valence-corrected chi connectivity index (χ0v) is 33.2. The third kappa shape index (κ3) is 5.84. The van der Waals surface area contributed by atoms with Crippen molar-refractivity contribution in [1.82, 2.24) is 39.0 Å². The SMILES string of the molecule is c1ccc(-c2nc(-c3ccccc3)nc(-c3ccccc3-n3c4ccccc4c4ccc5c6ccccc6n(-c6nc(-c7ccccc7)nc(-c7ccccc7)n6)c5c43)n2)cc1. The van der Waals surface area contributed by atoms with Gasteiger partial charge >= 0.3 is 0 Å². The molecular weight excluding hydrogens is 761 g/mol. The number of rotatable bonds is 7. The van der Waals surface area contributed by atoms with Crippen LogP contribution < -0.4 is 0 Å². The van der Waals surface area contributed by atoms with Crippen LogP contribution in [0.4, 0.5) is 0 Å². The lowest BCUT2D eigenvalue weighted by atomic mass is 10.1. The molecule has 0 saturated heterocycles. The number of fused-ring (bicyclic) bond motifs is 7. The molecule has 12 rings (SSSR count). The maximum Gasteiger partial charge on any atom is 0.238 e. The van der Waals surface area contributed by atoms with Crippen molar-refractivity contribution in [1.29, 1.82) is 0 Å². The third-order valence-corrected chi connectivity index (χ3v) is 11.4. The number of para-hydroxylation sites is 3. The Hall–Kier alpha value is -8.62. The second-order valence-corrected chi connectivity index (χ2v) is 15.1. The summed E-state index contributed by atoms with van der Waals surface area (Å²) in [7, 11) is 0. The zero-order chi connectivity index (χ0) is 41.0. The van der Waals surface area contributed by atoms with Gasteiger partial charge in [-0.15, -0.1) is 0 Å². The van der Waals surface area contributed by atoms with E-state index in [0.29, 0.717) is 35.1 Å². The maximum absolute atomic E-state index is 5.28. The summed E-state index contributed by atoms with van der Waals surface area (Å²) in [4.78, 5) is 31.0. The molecule has 290 valence electrons. The van der Waals surface area contributed by atoms with Gasteiger partial charge in [0, 0.05) is 49.4 Å². The van der Waals surface area contributed by atoms with Gasteiger partial charge in [0.15, 0.2) is 29.1 Å². The van der Waals surface area contributed by atoms with E-state index >= 15 is 0 Å². The number of benzene rings is 8. The highest BCUT2D eigenvalue weighted by atomic mass is 15.2. The number of hydrogen-bond acceptors (Lipinski definition) is 6. The van der Waals surface area contributed by atoms with Crippen LogP contribution in [-0.2, 0) is 0 Å². The Balaban J connectivity index is 1.19. The molecule has 8 heteroatoms. The Morgan fingerprint density at radius 3 is 1.10 bits per heavy atom. The van der Waals surface area contributed by atoms with E-state index in [-0.39, 0.29) is 0 Å². The van der Waals surface area contributed by atoms with Gasteiger partial charge in [0.2, 0.25) is 5.95 Å². The Morgan fingerprint density at radius 1 is 0.258 bits per heavy atom. The van der Waals surface area contributed by atoms with Gasteiger partial charge in [-0.3, -0.25) is 4.57 Å². The lowest BCUT2D eigenvalue weighted by molar-refractivity contribution is 0.953. The van der Waals surface area contributed by atoms with E-state index in [2.05, 4.69) is 94.1 Å². The van der Waals surface area contributed by atoms with Crippen molar-refractivity contribution in [3.63, 3.8) is 0 Å². The Kier molecular flexibility index (Phi) is 8.31. The lowest BCUT2D eigenvalue weighted by Crippen LogP contribution is -2.07. The monoisotopic (exact) mass is 794 g/mol. The van der Waals surface area contributed by atoms with E-state index in [9.17, 15) is 0 Å². The first kappa shape index (κ1) is 35.3. The summed E-state index contributed by atoms with van der Waals surface area (Å²) in [6, 6.07) is 70.4. The van der Waals surface area contributed by atoms with Crippen LogP contribution in [0.2, 0.25) is 0 Å². The quantitative estimate of drug-likeness (QED) is 0.160. The molecule has 8 nitrogen and oxygen atoms in total. The van der Waals surface area contributed by atoms with E-state index in [4.69, 9.17) is 29.9 Å². The van der Waals surface area contributed by atoms with Crippen molar-refractivity contribution in [2.24, 2.45) is 0 Å². The van der Waals surface area contributed by atoms with Crippen LogP contribution in [-0.4, -0.2) is 39.0 Å². The third-order valence-electron chi connectivity index (χ3n) is 11.4. The predicted molar refractivity (Wildman–Crippen MR) is 249 cm³/mol. The molecule has 0 bridgehead atoms. The lowest BCUT2D eigenvalue weighted by Gasteiger charge is -2.16. The van der Waals surface area contributed by atoms with E-state index in [1.165, 1.54) is 0 Å². The van der Waals surface area contributed by atoms with Crippen molar-refractivity contribution in [2.75, 3.05) is 0 Å². The first-order valence-corrected chi connectivity index (χ1v) is 20.6. The molecule has 4 aromatic heterocycles. The summed E-state index contributed by atoms with van der Waals surface area (Å²) >= 11 is 0. The van der Waals surface area contributed by atoms with Gasteiger partial charge in [0.25, 0.3) is 0 Å². The zero-order valence-electron chi connectivity index (χ0n) is 33.2. The fourth-order valence-corrected chi connectivity index (χ4v) is 8.64. The molecule has 0 amide bonds. The van der Waals surface area contributed by atoms with Gasteiger partial charge in [0.05, 0.1) is 27.8 Å². The van der Waals surface area contributed by atoms with Crippen LogP contribution in [0.1, 0.15) is 0 Å². The van der Waals surface area contributed by atoms with E-state index in [0.717, 1.165) is 77.1 Å². The predicted octanol–water partition coefficient (Wildman–Crippen LogP) is 12.6. The highest BCUT2D eigenvalue weighted by molar-refractivity contribution is 6.23. The molecule has 0 N–H and O–H groups in total. The van der Waals surface area contributed by atoms with Crippen molar-refractivity contribution in [3.8, 4) is 68.6 Å². The standard InChI is InChI=1S/C54H34N8/c1-5-19-35(20-6-1)49-55-50(36-21-7-2-8-22-36)58-53(57-49)43-29-15-18-32-46(43)61-44-30-16-13-27-39(44)41-33-34-42-40-28-14-17-31-45(40)62(48(42)47(41)61)54-59-51(37-23-9-3-10-24-37)56-52(60-54)38-25-11-4-12-26-38/h1-34H. The average molecular weight is 795 g/mol. The first-order valence-electron chi connectivity index (χ1n) is 20.6. The molecule has 0 atom stereocenters. The van der Waals surface area contributed by atoms with Gasteiger partial charge < -0.3 is 4.57 Å². The molecule has 0 aliphatic heterocycles. The summed E-state index contributed by atoms with van der Waals surface area (Å²) in [5, 5.41) is 4.38. The minimum Gasteiger partial charge on any atom is -0.306 e. The molecule has 0 unspecified atom stereocenters. The molecule has 0 saturated carbocycles. The summed E-state index contributed by atoms with van der Waals surface area (Å²) in [5.74, 6) is 3.50. The topological polar surface area (TPSA) is 87.2 Å². The van der Waals surface area contributed by atoms with Gasteiger partial charge in [-0.05, 0) is 24.3 Å². The molecule has 0 aliphatic rings. The minimum absolute atomic E-state index is 0.527. The van der Waals surface area contributed by atoms with Crippen LogP contribution in [0.5, 0.6) is 0 Å². The first-order chi connectivity index (χ1) is 30.8. The van der Waals surface area contributed by atoms with Crippen molar-refractivity contribution >= 4 is 43.6 Å². The van der Waals surface area contributed by atoms with Crippen molar-refractivity contribution < 1.29 is 0 Å².